The van der Waals surface area contributed by atoms with Crippen molar-refractivity contribution in [2.75, 3.05) is 6.54 Å². The van der Waals surface area contributed by atoms with Crippen molar-refractivity contribution < 1.29 is 14.7 Å². The van der Waals surface area contributed by atoms with Crippen molar-refractivity contribution >= 4 is 12.0 Å². The molecule has 1 aliphatic rings. The minimum absolute atomic E-state index is 0.0220. The summed E-state index contributed by atoms with van der Waals surface area (Å²) in [6.45, 7) is 0.797. The summed E-state index contributed by atoms with van der Waals surface area (Å²) in [6, 6.07) is 0.416. The second-order valence-electron chi connectivity index (χ2n) is 8.48. The van der Waals surface area contributed by atoms with E-state index in [1.165, 1.54) is 83.5 Å². The van der Waals surface area contributed by atoms with Gasteiger partial charge in [0.05, 0.1) is 0 Å². The van der Waals surface area contributed by atoms with E-state index >= 15 is 0 Å². The molecule has 0 aromatic carbocycles. The van der Waals surface area contributed by atoms with Crippen LogP contribution in [0.4, 0.5) is 4.79 Å². The van der Waals surface area contributed by atoms with Gasteiger partial charge in [-0.25, -0.2) is 4.79 Å². The van der Waals surface area contributed by atoms with Gasteiger partial charge >= 0.3 is 12.0 Å². The number of carbonyl (C=O) groups excluding carboxylic acids is 1. The van der Waals surface area contributed by atoms with E-state index in [2.05, 4.69) is 10.6 Å². The Morgan fingerprint density at radius 2 is 1.14 bits per heavy atom. The average Bonchev–Trinajstić information content (AvgIpc) is 2.68. The van der Waals surface area contributed by atoms with Gasteiger partial charge in [0.1, 0.15) is 0 Å². The van der Waals surface area contributed by atoms with Crippen LogP contribution >= 0.6 is 0 Å². The highest BCUT2D eigenvalue weighted by molar-refractivity contribution is 5.74. The van der Waals surface area contributed by atoms with Crippen LogP contribution in [0.3, 0.4) is 0 Å². The number of nitrogens with one attached hydrogen (secondary N) is 2. The normalized spacial score (nSPS) is 14.7. The summed E-state index contributed by atoms with van der Waals surface area (Å²) in [4.78, 5) is 22.2. The molecule has 28 heavy (non-hydrogen) atoms. The van der Waals surface area contributed by atoms with E-state index in [0.717, 1.165) is 38.6 Å². The van der Waals surface area contributed by atoms with Crippen LogP contribution in [0.15, 0.2) is 0 Å². The Morgan fingerprint density at radius 3 is 1.64 bits per heavy atom. The Bertz CT molecular complexity index is 395. The number of carboxylic acids is 1. The summed E-state index contributed by atoms with van der Waals surface area (Å²) < 4.78 is 0. The van der Waals surface area contributed by atoms with Crippen molar-refractivity contribution in [2.24, 2.45) is 0 Å². The first kappa shape index (κ1) is 24.8. The molecule has 0 aromatic rings. The molecular formula is C23H44N2O3. The average molecular weight is 397 g/mol. The fourth-order valence-corrected chi connectivity index (χ4v) is 4.03. The van der Waals surface area contributed by atoms with Crippen molar-refractivity contribution in [1.82, 2.24) is 10.6 Å². The largest absolute Gasteiger partial charge is 0.481 e. The lowest BCUT2D eigenvalue weighted by atomic mass is 9.96. The number of amides is 2. The zero-order chi connectivity index (χ0) is 20.3. The first-order valence-electron chi connectivity index (χ1n) is 11.9. The lowest BCUT2D eigenvalue weighted by Crippen LogP contribution is -2.43. The summed E-state index contributed by atoms with van der Waals surface area (Å²) in [6.07, 6.45) is 22.2. The van der Waals surface area contributed by atoms with Crippen LogP contribution in [-0.2, 0) is 4.79 Å². The van der Waals surface area contributed by atoms with Crippen LogP contribution in [0, 0.1) is 0 Å². The number of carboxylic acid groups (broad SMARTS) is 1. The molecule has 1 rings (SSSR count). The molecular weight excluding hydrogens is 352 g/mol. The molecule has 0 heterocycles. The lowest BCUT2D eigenvalue weighted by Gasteiger charge is -2.22. The SMILES string of the molecule is O=C(O)CCCCCCCCCCCCCCCNC(=O)NC1CCCCC1. The van der Waals surface area contributed by atoms with Gasteiger partial charge in [-0.3, -0.25) is 4.79 Å². The molecule has 0 bridgehead atoms. The molecule has 0 spiro atoms. The fourth-order valence-electron chi connectivity index (χ4n) is 4.03. The summed E-state index contributed by atoms with van der Waals surface area (Å²) >= 11 is 0. The predicted molar refractivity (Wildman–Crippen MR) is 116 cm³/mol. The van der Waals surface area contributed by atoms with Gasteiger partial charge in [-0.1, -0.05) is 89.9 Å². The molecule has 0 atom stereocenters. The third-order valence-corrected chi connectivity index (χ3v) is 5.79. The molecule has 164 valence electrons. The Kier molecular flexibility index (Phi) is 15.8. The molecule has 5 nitrogen and oxygen atoms in total. The highest BCUT2D eigenvalue weighted by Crippen LogP contribution is 2.17. The van der Waals surface area contributed by atoms with Crippen LogP contribution < -0.4 is 10.6 Å². The molecule has 1 aliphatic carbocycles. The summed E-state index contributed by atoms with van der Waals surface area (Å²) in [5.74, 6) is -0.670. The van der Waals surface area contributed by atoms with E-state index in [9.17, 15) is 9.59 Å². The van der Waals surface area contributed by atoms with Gasteiger partial charge in [-0.05, 0) is 25.7 Å². The van der Waals surface area contributed by atoms with Crippen LogP contribution in [-0.4, -0.2) is 29.7 Å². The minimum atomic E-state index is -0.670. The fraction of sp³-hybridized carbons (Fsp3) is 0.913. The molecule has 0 saturated heterocycles. The van der Waals surface area contributed by atoms with Crippen LogP contribution in [0.2, 0.25) is 0 Å². The van der Waals surface area contributed by atoms with Gasteiger partial charge in [-0.15, -0.1) is 0 Å². The zero-order valence-electron chi connectivity index (χ0n) is 18.0. The van der Waals surface area contributed by atoms with E-state index in [-0.39, 0.29) is 6.03 Å². The smallest absolute Gasteiger partial charge is 0.315 e. The van der Waals surface area contributed by atoms with Crippen molar-refractivity contribution in [3.05, 3.63) is 0 Å². The van der Waals surface area contributed by atoms with E-state index in [1.54, 1.807) is 0 Å². The molecule has 0 aromatic heterocycles. The molecule has 1 fully saturated rings. The van der Waals surface area contributed by atoms with E-state index < -0.39 is 5.97 Å². The summed E-state index contributed by atoms with van der Waals surface area (Å²) in [7, 11) is 0. The number of aliphatic carboxylic acids is 1. The number of hydrogen-bond donors (Lipinski definition) is 3. The molecule has 5 heteroatoms. The molecule has 0 unspecified atom stereocenters. The summed E-state index contributed by atoms with van der Waals surface area (Å²) in [5, 5.41) is 14.7. The standard InChI is InChI=1S/C23H44N2O3/c26-22(27)19-15-10-8-6-4-2-1-3-5-7-9-11-16-20-24-23(28)25-21-17-13-12-14-18-21/h21H,1-20H2,(H,26,27)(H2,24,25,28). The van der Waals surface area contributed by atoms with Gasteiger partial charge in [0.15, 0.2) is 0 Å². The maximum absolute atomic E-state index is 11.8. The number of carbonyl (C=O) groups is 2. The van der Waals surface area contributed by atoms with E-state index in [0.29, 0.717) is 12.5 Å². The molecule has 3 N–H and O–H groups in total. The van der Waals surface area contributed by atoms with Gasteiger partial charge < -0.3 is 15.7 Å². The Morgan fingerprint density at radius 1 is 0.679 bits per heavy atom. The van der Waals surface area contributed by atoms with Crippen molar-refractivity contribution in [2.45, 2.75) is 128 Å². The van der Waals surface area contributed by atoms with Crippen LogP contribution in [0.5, 0.6) is 0 Å². The maximum atomic E-state index is 11.8. The highest BCUT2D eigenvalue weighted by atomic mass is 16.4. The van der Waals surface area contributed by atoms with Crippen LogP contribution in [0.25, 0.3) is 0 Å². The van der Waals surface area contributed by atoms with Crippen molar-refractivity contribution in [1.29, 1.82) is 0 Å². The van der Waals surface area contributed by atoms with Crippen LogP contribution in [0.1, 0.15) is 122 Å². The highest BCUT2D eigenvalue weighted by Gasteiger charge is 2.14. The van der Waals surface area contributed by atoms with Crippen molar-refractivity contribution in [3.8, 4) is 0 Å². The molecule has 1 saturated carbocycles. The van der Waals surface area contributed by atoms with Gasteiger partial charge in [0.25, 0.3) is 0 Å². The monoisotopic (exact) mass is 396 g/mol. The van der Waals surface area contributed by atoms with Gasteiger partial charge in [0, 0.05) is 19.0 Å². The van der Waals surface area contributed by atoms with Crippen molar-refractivity contribution in [3.63, 3.8) is 0 Å². The molecule has 2 amide bonds. The maximum Gasteiger partial charge on any atom is 0.315 e. The summed E-state index contributed by atoms with van der Waals surface area (Å²) in [5.41, 5.74) is 0. The number of hydrogen-bond acceptors (Lipinski definition) is 2. The van der Waals surface area contributed by atoms with Gasteiger partial charge in [-0.2, -0.15) is 0 Å². The predicted octanol–water partition coefficient (Wildman–Crippen LogP) is 6.16. The quantitative estimate of drug-likeness (QED) is 0.257. The number of urea groups is 1. The Labute approximate surface area is 172 Å². The molecule has 0 radical (unpaired) electrons. The first-order chi connectivity index (χ1) is 13.7. The number of unbranched alkanes of at least 4 members (excludes halogenated alkanes) is 12. The second kappa shape index (κ2) is 17.8. The molecule has 0 aliphatic heterocycles. The topological polar surface area (TPSA) is 78.4 Å². The minimum Gasteiger partial charge on any atom is -0.481 e. The third kappa shape index (κ3) is 15.8. The van der Waals surface area contributed by atoms with E-state index in [1.807, 2.05) is 0 Å². The van der Waals surface area contributed by atoms with Gasteiger partial charge in [0.2, 0.25) is 0 Å². The third-order valence-electron chi connectivity index (χ3n) is 5.79. The lowest BCUT2D eigenvalue weighted by molar-refractivity contribution is -0.137. The second-order valence-corrected chi connectivity index (χ2v) is 8.48. The Hall–Kier alpha value is -1.26. The van der Waals surface area contributed by atoms with E-state index in [4.69, 9.17) is 5.11 Å². The first-order valence-corrected chi connectivity index (χ1v) is 11.9. The zero-order valence-corrected chi connectivity index (χ0v) is 18.0. The Balaban J connectivity index is 1.72. The number of rotatable bonds is 17.